The molecule has 0 spiro atoms. The molecule has 2 aromatic heterocycles. The second-order valence-corrected chi connectivity index (χ2v) is 8.94. The zero-order valence-corrected chi connectivity index (χ0v) is 19.5. The van der Waals surface area contributed by atoms with Crippen molar-refractivity contribution in [3.8, 4) is 11.8 Å². The molecule has 2 aliphatic heterocycles. The van der Waals surface area contributed by atoms with Gasteiger partial charge < -0.3 is 34.9 Å². The molecule has 0 bridgehead atoms. The Morgan fingerprint density at radius 2 is 2.03 bits per heavy atom. The number of aromatic nitrogens is 3. The molecular formula is C24H28N6O5. The third-order valence-corrected chi connectivity index (χ3v) is 6.83. The summed E-state index contributed by atoms with van der Waals surface area (Å²) in [6.07, 6.45) is 4.93. The Morgan fingerprint density at radius 3 is 2.69 bits per heavy atom. The fraction of sp³-hybridized carbons (Fsp3) is 0.417. The first kappa shape index (κ1) is 23.1. The van der Waals surface area contributed by atoms with Gasteiger partial charge in [-0.05, 0) is 47.1 Å². The summed E-state index contributed by atoms with van der Waals surface area (Å²) in [7, 11) is 1.74. The van der Waals surface area contributed by atoms with Crippen LogP contribution in [0.1, 0.15) is 24.0 Å². The number of fused-ring (bicyclic) bond motifs is 1. The van der Waals surface area contributed by atoms with Crippen LogP contribution >= 0.6 is 0 Å². The number of phenols is 1. The van der Waals surface area contributed by atoms with E-state index in [0.29, 0.717) is 19.7 Å². The lowest BCUT2D eigenvalue weighted by molar-refractivity contribution is -0.389. The summed E-state index contributed by atoms with van der Waals surface area (Å²) in [5.74, 6) is 0.979. The number of hydrogen-bond donors (Lipinski definition) is 2. The number of piperidine rings is 1. The van der Waals surface area contributed by atoms with E-state index in [-0.39, 0.29) is 29.2 Å². The van der Waals surface area contributed by atoms with Gasteiger partial charge in [0, 0.05) is 44.5 Å². The lowest BCUT2D eigenvalue weighted by Crippen LogP contribution is -2.44. The highest BCUT2D eigenvalue weighted by Gasteiger charge is 2.36. The number of imidazole rings is 1. The van der Waals surface area contributed by atoms with Crippen molar-refractivity contribution < 1.29 is 19.5 Å². The minimum atomic E-state index is -0.519. The zero-order valence-electron chi connectivity index (χ0n) is 19.5. The van der Waals surface area contributed by atoms with E-state index in [1.54, 1.807) is 23.8 Å². The van der Waals surface area contributed by atoms with Gasteiger partial charge in [-0.25, -0.2) is 4.98 Å². The molecule has 0 aliphatic carbocycles. The first-order valence-electron chi connectivity index (χ1n) is 11.6. The Hall–Kier alpha value is -3.70. The molecular weight excluding hydrogens is 452 g/mol. The quantitative estimate of drug-likeness (QED) is 0.387. The molecule has 0 saturated carbocycles. The zero-order chi connectivity index (χ0) is 24.4. The molecule has 0 unspecified atom stereocenters. The van der Waals surface area contributed by atoms with Gasteiger partial charge in [0.2, 0.25) is 0 Å². The lowest BCUT2D eigenvalue weighted by Gasteiger charge is -2.41. The van der Waals surface area contributed by atoms with Crippen molar-refractivity contribution in [2.75, 3.05) is 31.7 Å². The van der Waals surface area contributed by atoms with Gasteiger partial charge in [0.25, 0.3) is 0 Å². The van der Waals surface area contributed by atoms with Crippen LogP contribution in [0.3, 0.4) is 0 Å². The van der Waals surface area contributed by atoms with E-state index in [4.69, 9.17) is 9.47 Å². The molecule has 3 aromatic rings. The second-order valence-electron chi connectivity index (χ2n) is 8.94. The topological polar surface area (TPSA) is 128 Å². The molecule has 1 aromatic carbocycles. The minimum Gasteiger partial charge on any atom is -0.508 e. The van der Waals surface area contributed by atoms with Crippen molar-refractivity contribution in [2.24, 2.45) is 0 Å². The number of nitrogens with zero attached hydrogens (tertiary/aromatic N) is 5. The fourth-order valence-electron chi connectivity index (χ4n) is 4.75. The Labute approximate surface area is 202 Å². The lowest BCUT2D eigenvalue weighted by atomic mass is 9.84. The molecule has 0 radical (unpaired) electrons. The van der Waals surface area contributed by atoms with Crippen molar-refractivity contribution in [3.05, 3.63) is 70.0 Å². The van der Waals surface area contributed by atoms with E-state index >= 15 is 0 Å². The van der Waals surface area contributed by atoms with Crippen LogP contribution in [-0.4, -0.2) is 57.4 Å². The molecule has 11 nitrogen and oxygen atoms in total. The highest BCUT2D eigenvalue weighted by molar-refractivity contribution is 5.41. The summed E-state index contributed by atoms with van der Waals surface area (Å²) < 4.78 is 13.2. The predicted molar refractivity (Wildman–Crippen MR) is 127 cm³/mol. The first-order chi connectivity index (χ1) is 17.0. The number of hydrogen-bond acceptors (Lipinski definition) is 9. The van der Waals surface area contributed by atoms with Crippen molar-refractivity contribution in [1.29, 1.82) is 0 Å². The van der Waals surface area contributed by atoms with Crippen molar-refractivity contribution in [2.45, 2.75) is 37.6 Å². The molecule has 184 valence electrons. The van der Waals surface area contributed by atoms with Gasteiger partial charge in [0.05, 0.1) is 11.6 Å². The van der Waals surface area contributed by atoms with Crippen LogP contribution in [0, 0.1) is 10.1 Å². The summed E-state index contributed by atoms with van der Waals surface area (Å²) in [6, 6.07) is 11.7. The number of anilines is 1. The van der Waals surface area contributed by atoms with E-state index in [2.05, 4.69) is 26.3 Å². The number of ether oxygens (including phenoxy) is 2. The van der Waals surface area contributed by atoms with E-state index < -0.39 is 4.92 Å². The molecule has 1 saturated heterocycles. The highest BCUT2D eigenvalue weighted by atomic mass is 16.6. The Morgan fingerprint density at radius 1 is 1.26 bits per heavy atom. The van der Waals surface area contributed by atoms with Crippen LogP contribution in [0.4, 0.5) is 11.6 Å². The summed E-state index contributed by atoms with van der Waals surface area (Å²) in [5.41, 5.74) is 1.77. The van der Waals surface area contributed by atoms with Gasteiger partial charge in [-0.1, -0.05) is 18.2 Å². The van der Waals surface area contributed by atoms with Gasteiger partial charge >= 0.3 is 11.8 Å². The summed E-state index contributed by atoms with van der Waals surface area (Å²) >= 11 is 0. The number of pyridine rings is 1. The number of rotatable bonds is 7. The fourth-order valence-corrected chi connectivity index (χ4v) is 4.75. The number of nitro groups is 1. The van der Waals surface area contributed by atoms with E-state index in [1.807, 2.05) is 24.4 Å². The molecule has 11 heteroatoms. The highest BCUT2D eigenvalue weighted by Crippen LogP contribution is 2.37. The first-order valence-corrected chi connectivity index (χ1v) is 11.6. The minimum absolute atomic E-state index is 0.0140. The third-order valence-electron chi connectivity index (χ3n) is 6.83. The Kier molecular flexibility index (Phi) is 6.27. The summed E-state index contributed by atoms with van der Waals surface area (Å²) in [4.78, 5) is 21.2. The van der Waals surface area contributed by atoms with Gasteiger partial charge in [0.1, 0.15) is 24.4 Å². The standard InChI is InChI=1S/C24H28N6O5/c1-34-24(18-3-5-20(31)6-4-18)8-10-28(11-9-24)21-7-2-17(13-26-21)12-25-19-14-29-15-22(30(32)33)27-23(29)35-16-19/h2-7,13,15,19,25,31H,8-12,14,16H2,1H3/t19-/m0/s1. The molecule has 2 aliphatic rings. The summed E-state index contributed by atoms with van der Waals surface area (Å²) in [6.45, 7) is 3.20. The molecule has 1 fully saturated rings. The van der Waals surface area contributed by atoms with Gasteiger partial charge in [-0.3, -0.25) is 4.57 Å². The van der Waals surface area contributed by atoms with E-state index in [9.17, 15) is 15.2 Å². The van der Waals surface area contributed by atoms with Crippen molar-refractivity contribution in [1.82, 2.24) is 19.9 Å². The molecule has 0 amide bonds. The number of benzene rings is 1. The number of methoxy groups -OCH3 is 1. The maximum atomic E-state index is 10.9. The van der Waals surface area contributed by atoms with Crippen LogP contribution in [0.5, 0.6) is 11.8 Å². The van der Waals surface area contributed by atoms with Crippen molar-refractivity contribution in [3.63, 3.8) is 0 Å². The number of aromatic hydroxyl groups is 1. The van der Waals surface area contributed by atoms with Crippen LogP contribution in [0.25, 0.3) is 0 Å². The predicted octanol–water partition coefficient (Wildman–Crippen LogP) is 2.58. The molecule has 2 N–H and O–H groups in total. The van der Waals surface area contributed by atoms with E-state index in [0.717, 1.165) is 42.9 Å². The van der Waals surface area contributed by atoms with Gasteiger partial charge in [0.15, 0.2) is 0 Å². The average molecular weight is 481 g/mol. The molecule has 35 heavy (non-hydrogen) atoms. The van der Waals surface area contributed by atoms with Crippen molar-refractivity contribution >= 4 is 11.6 Å². The smallest absolute Gasteiger partial charge is 0.414 e. The number of phenolic OH excluding ortho intramolecular Hbond substituents is 1. The molecule has 4 heterocycles. The second kappa shape index (κ2) is 9.51. The Balaban J connectivity index is 1.15. The van der Waals surface area contributed by atoms with Crippen LogP contribution in [0.2, 0.25) is 0 Å². The Bertz CT molecular complexity index is 1170. The molecule has 5 rings (SSSR count). The molecule has 1 atom stereocenters. The monoisotopic (exact) mass is 480 g/mol. The third kappa shape index (κ3) is 4.77. The van der Waals surface area contributed by atoms with Gasteiger partial charge in [-0.2, -0.15) is 0 Å². The van der Waals surface area contributed by atoms with Crippen LogP contribution < -0.4 is 15.0 Å². The maximum absolute atomic E-state index is 10.9. The average Bonchev–Trinajstić information content (AvgIpc) is 3.32. The SMILES string of the molecule is COC1(c2ccc(O)cc2)CCN(c2ccc(CN[C@@H]3COc4nc([N+](=O)[O-])cn4C3)cn2)CC1. The van der Waals surface area contributed by atoms with Crippen LogP contribution in [-0.2, 0) is 23.4 Å². The van der Waals surface area contributed by atoms with Gasteiger partial charge in [-0.15, -0.1) is 0 Å². The largest absolute Gasteiger partial charge is 0.508 e. The van der Waals surface area contributed by atoms with Crippen LogP contribution in [0.15, 0.2) is 48.8 Å². The van der Waals surface area contributed by atoms with E-state index in [1.165, 1.54) is 6.20 Å². The maximum Gasteiger partial charge on any atom is 0.414 e. The summed E-state index contributed by atoms with van der Waals surface area (Å²) in [5, 5.41) is 23.9. The number of nitrogens with one attached hydrogen (secondary N) is 1. The normalized spacial score (nSPS) is 19.1.